The molecule has 9 nitrogen and oxygen atoms in total. The second-order valence-electron chi connectivity index (χ2n) is 4.69. The van der Waals surface area contributed by atoms with Crippen LogP contribution in [0.2, 0.25) is 5.02 Å². The Bertz CT molecular complexity index is 824. The fraction of sp³-hybridized carbons (Fsp3) is 0.143. The number of imide groups is 1. The van der Waals surface area contributed by atoms with Crippen LogP contribution in [0.5, 0.6) is 0 Å². The summed E-state index contributed by atoms with van der Waals surface area (Å²) >= 11 is 5.65. The number of halogens is 2. The van der Waals surface area contributed by atoms with Crippen LogP contribution in [-0.4, -0.2) is 43.1 Å². The number of nitrogens with one attached hydrogen (secondary N) is 1. The number of amides is 2. The molecular formula is C14H11ClFN5O4. The SMILES string of the molecule is O=C(O)/C=C/c1c(-n2cnnn2)ccc(Cl)c1F.O=C1CCC(=O)N1. The Hall–Kier alpha value is -3.14. The molecule has 0 unspecified atom stereocenters. The van der Waals surface area contributed by atoms with Gasteiger partial charge in [-0.1, -0.05) is 11.6 Å². The van der Waals surface area contributed by atoms with Crippen molar-refractivity contribution in [2.24, 2.45) is 0 Å². The van der Waals surface area contributed by atoms with Gasteiger partial charge in [0.1, 0.15) is 6.33 Å². The van der Waals surface area contributed by atoms with E-state index in [4.69, 9.17) is 16.7 Å². The Labute approximate surface area is 145 Å². The first-order valence-corrected chi connectivity index (χ1v) is 7.21. The Kier molecular flexibility index (Phi) is 5.90. The molecule has 2 N–H and O–H groups in total. The lowest BCUT2D eigenvalue weighted by molar-refractivity contribution is -0.131. The van der Waals surface area contributed by atoms with E-state index in [0.717, 1.165) is 12.2 Å². The van der Waals surface area contributed by atoms with E-state index >= 15 is 0 Å². The number of rotatable bonds is 3. The second-order valence-corrected chi connectivity index (χ2v) is 5.10. The number of carboxylic acid groups (broad SMARTS) is 1. The first kappa shape index (κ1) is 18.2. The van der Waals surface area contributed by atoms with Gasteiger partial charge in [0.2, 0.25) is 11.8 Å². The number of benzene rings is 1. The fourth-order valence-electron chi connectivity index (χ4n) is 1.85. The number of hydrogen-bond acceptors (Lipinski definition) is 6. The molecule has 1 aromatic carbocycles. The molecule has 2 heterocycles. The first-order valence-electron chi connectivity index (χ1n) is 6.83. The van der Waals surface area contributed by atoms with E-state index in [2.05, 4.69) is 20.8 Å². The lowest BCUT2D eigenvalue weighted by Crippen LogP contribution is -2.18. The molecule has 130 valence electrons. The average Bonchev–Trinajstić information content (AvgIpc) is 3.21. The van der Waals surface area contributed by atoms with Gasteiger partial charge in [0.15, 0.2) is 5.82 Å². The minimum atomic E-state index is -1.20. The molecular weight excluding hydrogens is 357 g/mol. The molecule has 1 aliphatic heterocycles. The molecule has 0 aliphatic carbocycles. The van der Waals surface area contributed by atoms with Gasteiger partial charge in [-0.3, -0.25) is 14.9 Å². The third kappa shape index (κ3) is 4.91. The Balaban J connectivity index is 0.000000269. The Morgan fingerprint density at radius 2 is 2.00 bits per heavy atom. The van der Waals surface area contributed by atoms with Crippen LogP contribution in [0.15, 0.2) is 24.5 Å². The smallest absolute Gasteiger partial charge is 0.328 e. The van der Waals surface area contributed by atoms with Gasteiger partial charge in [-0.2, -0.15) is 4.68 Å². The zero-order chi connectivity index (χ0) is 18.4. The highest BCUT2D eigenvalue weighted by Crippen LogP contribution is 2.25. The number of carbonyl (C=O) groups excluding carboxylic acids is 2. The summed E-state index contributed by atoms with van der Waals surface area (Å²) in [6.45, 7) is 0. The van der Waals surface area contributed by atoms with Gasteiger partial charge >= 0.3 is 5.97 Å². The predicted octanol–water partition coefficient (Wildman–Crippen LogP) is 0.976. The predicted molar refractivity (Wildman–Crippen MR) is 83.2 cm³/mol. The van der Waals surface area contributed by atoms with Crippen LogP contribution in [0.25, 0.3) is 11.8 Å². The number of carboxylic acids is 1. The van der Waals surface area contributed by atoms with Gasteiger partial charge in [0, 0.05) is 24.5 Å². The maximum atomic E-state index is 13.8. The van der Waals surface area contributed by atoms with Gasteiger partial charge in [-0.15, -0.1) is 5.10 Å². The average molecular weight is 368 g/mol. The second kappa shape index (κ2) is 8.11. The maximum absolute atomic E-state index is 13.8. The standard InChI is InChI=1S/C10H6ClFN4O2.C4H5NO2/c11-7-2-3-8(16-5-13-14-15-16)6(10(7)12)1-4-9(17)18;6-3-1-2-4(7)5-3/h1-5H,(H,17,18);1-2H2,(H,5,6,7)/b4-1+;. The summed E-state index contributed by atoms with van der Waals surface area (Å²) in [5.74, 6) is -2.23. The fourth-order valence-corrected chi connectivity index (χ4v) is 2.01. The summed E-state index contributed by atoms with van der Waals surface area (Å²) in [6, 6.07) is 2.83. The van der Waals surface area contributed by atoms with Crippen molar-refractivity contribution in [1.29, 1.82) is 0 Å². The van der Waals surface area contributed by atoms with E-state index in [9.17, 15) is 18.8 Å². The van der Waals surface area contributed by atoms with Gasteiger partial charge in [0.25, 0.3) is 0 Å². The molecule has 0 atom stereocenters. The van der Waals surface area contributed by atoms with Crippen molar-refractivity contribution in [3.8, 4) is 5.69 Å². The molecule has 25 heavy (non-hydrogen) atoms. The zero-order valence-electron chi connectivity index (χ0n) is 12.5. The molecule has 0 spiro atoms. The van der Waals surface area contributed by atoms with Crippen molar-refractivity contribution < 1.29 is 23.9 Å². The molecule has 2 aromatic rings. The summed E-state index contributed by atoms with van der Waals surface area (Å²) in [7, 11) is 0. The van der Waals surface area contributed by atoms with Gasteiger partial charge in [-0.25, -0.2) is 9.18 Å². The summed E-state index contributed by atoms with van der Waals surface area (Å²) in [6.07, 6.45) is 3.92. The number of tetrazole rings is 1. The number of carbonyl (C=O) groups is 3. The minimum Gasteiger partial charge on any atom is -0.478 e. The van der Waals surface area contributed by atoms with Crippen molar-refractivity contribution in [2.75, 3.05) is 0 Å². The van der Waals surface area contributed by atoms with Crippen molar-refractivity contribution in [3.05, 3.63) is 40.9 Å². The number of aliphatic carboxylic acids is 1. The molecule has 1 aromatic heterocycles. The maximum Gasteiger partial charge on any atom is 0.328 e. The quantitative estimate of drug-likeness (QED) is 0.611. The summed E-state index contributed by atoms with van der Waals surface area (Å²) in [5, 5.41) is 21.0. The van der Waals surface area contributed by atoms with Crippen molar-refractivity contribution in [2.45, 2.75) is 12.8 Å². The van der Waals surface area contributed by atoms with Crippen LogP contribution < -0.4 is 5.32 Å². The van der Waals surface area contributed by atoms with Crippen LogP contribution >= 0.6 is 11.6 Å². The van der Waals surface area contributed by atoms with Crippen molar-refractivity contribution >= 4 is 35.5 Å². The highest BCUT2D eigenvalue weighted by Gasteiger charge is 2.15. The molecule has 3 rings (SSSR count). The van der Waals surface area contributed by atoms with E-state index in [0.29, 0.717) is 18.5 Å². The molecule has 11 heteroatoms. The first-order chi connectivity index (χ1) is 11.9. The number of nitrogens with zero attached hydrogens (tertiary/aromatic N) is 4. The molecule has 1 aliphatic rings. The third-order valence-corrected chi connectivity index (χ3v) is 3.25. The van der Waals surface area contributed by atoms with Gasteiger partial charge < -0.3 is 5.11 Å². The van der Waals surface area contributed by atoms with E-state index in [1.807, 2.05) is 0 Å². The van der Waals surface area contributed by atoms with E-state index in [1.54, 1.807) is 0 Å². The van der Waals surface area contributed by atoms with Crippen LogP contribution in [0.4, 0.5) is 4.39 Å². The molecule has 0 radical (unpaired) electrons. The van der Waals surface area contributed by atoms with Crippen LogP contribution in [-0.2, 0) is 14.4 Å². The van der Waals surface area contributed by atoms with Crippen LogP contribution in [0.3, 0.4) is 0 Å². The van der Waals surface area contributed by atoms with E-state index in [1.165, 1.54) is 23.1 Å². The normalized spacial score (nSPS) is 13.5. The topological polar surface area (TPSA) is 127 Å². The number of aromatic nitrogens is 4. The highest BCUT2D eigenvalue weighted by molar-refractivity contribution is 6.31. The van der Waals surface area contributed by atoms with Crippen molar-refractivity contribution in [3.63, 3.8) is 0 Å². The summed E-state index contributed by atoms with van der Waals surface area (Å²) in [4.78, 5) is 30.7. The minimum absolute atomic E-state index is 0.00259. The summed E-state index contributed by atoms with van der Waals surface area (Å²) < 4.78 is 15.1. The zero-order valence-corrected chi connectivity index (χ0v) is 13.3. The summed E-state index contributed by atoms with van der Waals surface area (Å²) in [5.41, 5.74) is 0.289. The van der Waals surface area contributed by atoms with Gasteiger partial charge in [-0.05, 0) is 28.6 Å². The largest absolute Gasteiger partial charge is 0.478 e. The highest BCUT2D eigenvalue weighted by atomic mass is 35.5. The molecule has 2 amide bonds. The van der Waals surface area contributed by atoms with Crippen LogP contribution in [0, 0.1) is 5.82 Å². The van der Waals surface area contributed by atoms with Gasteiger partial charge in [0.05, 0.1) is 10.7 Å². The Morgan fingerprint density at radius 3 is 2.48 bits per heavy atom. The number of hydrogen-bond donors (Lipinski definition) is 2. The molecule has 1 fully saturated rings. The molecule has 1 saturated heterocycles. The van der Waals surface area contributed by atoms with E-state index in [-0.39, 0.29) is 22.4 Å². The van der Waals surface area contributed by atoms with E-state index < -0.39 is 11.8 Å². The van der Waals surface area contributed by atoms with Crippen LogP contribution in [0.1, 0.15) is 18.4 Å². The molecule has 0 saturated carbocycles. The monoisotopic (exact) mass is 367 g/mol. The lowest BCUT2D eigenvalue weighted by atomic mass is 10.1. The Morgan fingerprint density at radius 1 is 1.32 bits per heavy atom. The molecule has 0 bridgehead atoms. The lowest BCUT2D eigenvalue weighted by Gasteiger charge is -2.06. The van der Waals surface area contributed by atoms with Crippen molar-refractivity contribution in [1.82, 2.24) is 25.5 Å². The third-order valence-electron chi connectivity index (χ3n) is 2.96.